The number of hydrogen-bond donors (Lipinski definition) is 1. The number of nitrogens with two attached hydrogens (primary N) is 1. The van der Waals surface area contributed by atoms with Crippen molar-refractivity contribution >= 4 is 0 Å². The number of hydrogen-bond acceptors (Lipinski definition) is 3. The van der Waals surface area contributed by atoms with Gasteiger partial charge in [0, 0.05) is 19.1 Å². The molecule has 2 heterocycles. The van der Waals surface area contributed by atoms with Gasteiger partial charge in [-0.3, -0.25) is 4.90 Å². The third-order valence-corrected chi connectivity index (χ3v) is 4.86. The Bertz CT molecular complexity index is 263. The van der Waals surface area contributed by atoms with Gasteiger partial charge in [0.25, 0.3) is 0 Å². The van der Waals surface area contributed by atoms with E-state index < -0.39 is 0 Å². The second-order valence-electron chi connectivity index (χ2n) is 6.33. The molecule has 3 nitrogen and oxygen atoms in total. The van der Waals surface area contributed by atoms with Crippen molar-refractivity contribution in [3.63, 3.8) is 0 Å². The molecule has 2 aliphatic heterocycles. The SMILES string of the molecule is N[C@@H]1CCCN(CC2CCC3(CCCC3)O2)C1. The Labute approximate surface area is 105 Å². The van der Waals surface area contributed by atoms with E-state index in [1.165, 1.54) is 57.9 Å². The van der Waals surface area contributed by atoms with E-state index in [9.17, 15) is 0 Å². The monoisotopic (exact) mass is 238 g/mol. The Morgan fingerprint density at radius 2 is 1.94 bits per heavy atom. The summed E-state index contributed by atoms with van der Waals surface area (Å²) in [6, 6.07) is 0.394. The molecular formula is C14H26N2O. The molecule has 0 bridgehead atoms. The van der Waals surface area contributed by atoms with E-state index in [-0.39, 0.29) is 0 Å². The van der Waals surface area contributed by atoms with Crippen LogP contribution in [0.3, 0.4) is 0 Å². The second kappa shape index (κ2) is 4.87. The van der Waals surface area contributed by atoms with Crippen molar-refractivity contribution < 1.29 is 4.74 Å². The molecule has 1 unspecified atom stereocenters. The summed E-state index contributed by atoms with van der Waals surface area (Å²) >= 11 is 0. The topological polar surface area (TPSA) is 38.5 Å². The molecule has 2 N–H and O–H groups in total. The van der Waals surface area contributed by atoms with Crippen LogP contribution in [0.5, 0.6) is 0 Å². The largest absolute Gasteiger partial charge is 0.370 e. The molecule has 2 saturated heterocycles. The molecule has 3 fully saturated rings. The van der Waals surface area contributed by atoms with Crippen molar-refractivity contribution in [2.45, 2.75) is 69.1 Å². The molecule has 2 atom stereocenters. The van der Waals surface area contributed by atoms with Gasteiger partial charge >= 0.3 is 0 Å². The summed E-state index contributed by atoms with van der Waals surface area (Å²) in [5, 5.41) is 0. The van der Waals surface area contributed by atoms with Crippen molar-refractivity contribution in [1.29, 1.82) is 0 Å². The summed E-state index contributed by atoms with van der Waals surface area (Å²) in [5.41, 5.74) is 6.33. The third kappa shape index (κ3) is 2.67. The van der Waals surface area contributed by atoms with E-state index in [0.717, 1.165) is 13.1 Å². The first-order chi connectivity index (χ1) is 8.26. The van der Waals surface area contributed by atoms with Gasteiger partial charge in [-0.15, -0.1) is 0 Å². The highest BCUT2D eigenvalue weighted by atomic mass is 16.5. The van der Waals surface area contributed by atoms with Crippen LogP contribution in [-0.2, 0) is 4.74 Å². The number of likely N-dealkylation sites (tertiary alicyclic amines) is 1. The molecule has 1 saturated carbocycles. The first-order valence-corrected chi connectivity index (χ1v) is 7.42. The van der Waals surface area contributed by atoms with Gasteiger partial charge in [0.1, 0.15) is 0 Å². The molecule has 3 aliphatic rings. The third-order valence-electron chi connectivity index (χ3n) is 4.86. The summed E-state index contributed by atoms with van der Waals surface area (Å²) in [5.74, 6) is 0. The fourth-order valence-corrected chi connectivity index (χ4v) is 3.96. The Morgan fingerprint density at radius 1 is 1.12 bits per heavy atom. The Balaban J connectivity index is 1.50. The Kier molecular flexibility index (Phi) is 3.42. The van der Waals surface area contributed by atoms with Crippen molar-refractivity contribution in [2.75, 3.05) is 19.6 Å². The minimum Gasteiger partial charge on any atom is -0.370 e. The molecule has 3 heteroatoms. The minimum absolute atomic E-state index is 0.294. The van der Waals surface area contributed by atoms with Gasteiger partial charge < -0.3 is 10.5 Å². The lowest BCUT2D eigenvalue weighted by Gasteiger charge is -2.33. The molecule has 0 amide bonds. The van der Waals surface area contributed by atoms with E-state index in [1.54, 1.807) is 0 Å². The smallest absolute Gasteiger partial charge is 0.0710 e. The van der Waals surface area contributed by atoms with E-state index in [4.69, 9.17) is 10.5 Å². The maximum absolute atomic E-state index is 6.37. The Morgan fingerprint density at radius 3 is 2.71 bits per heavy atom. The highest BCUT2D eigenvalue weighted by molar-refractivity contribution is 4.93. The maximum Gasteiger partial charge on any atom is 0.0710 e. The summed E-state index contributed by atoms with van der Waals surface area (Å²) in [6.07, 6.45) is 10.9. The molecule has 0 aromatic heterocycles. The maximum atomic E-state index is 6.37. The molecule has 0 aromatic carbocycles. The van der Waals surface area contributed by atoms with Gasteiger partial charge in [0.15, 0.2) is 0 Å². The van der Waals surface area contributed by atoms with Crippen LogP contribution in [0.2, 0.25) is 0 Å². The lowest BCUT2D eigenvalue weighted by molar-refractivity contribution is -0.0492. The standard InChI is InChI=1S/C14H26N2O/c15-12-4-3-9-16(10-12)11-13-5-8-14(17-13)6-1-2-7-14/h12-13H,1-11,15H2/t12-,13?/m1/s1. The molecule has 3 rings (SSSR count). The average molecular weight is 238 g/mol. The summed E-state index contributed by atoms with van der Waals surface area (Å²) in [7, 11) is 0. The lowest BCUT2D eigenvalue weighted by Crippen LogP contribution is -2.45. The van der Waals surface area contributed by atoms with Gasteiger partial charge in [0.05, 0.1) is 11.7 Å². The molecule has 0 radical (unpaired) electrons. The highest BCUT2D eigenvalue weighted by Crippen LogP contribution is 2.43. The van der Waals surface area contributed by atoms with Crippen LogP contribution in [0.25, 0.3) is 0 Å². The van der Waals surface area contributed by atoms with Crippen LogP contribution >= 0.6 is 0 Å². The predicted octanol–water partition coefficient (Wildman–Crippen LogP) is 1.90. The number of ether oxygens (including phenoxy) is 1. The van der Waals surface area contributed by atoms with E-state index in [2.05, 4.69) is 4.90 Å². The van der Waals surface area contributed by atoms with E-state index in [1.807, 2.05) is 0 Å². The molecule has 1 aliphatic carbocycles. The number of nitrogens with zero attached hydrogens (tertiary/aromatic N) is 1. The zero-order valence-electron chi connectivity index (χ0n) is 10.9. The van der Waals surface area contributed by atoms with Crippen LogP contribution in [-0.4, -0.2) is 42.3 Å². The van der Waals surface area contributed by atoms with E-state index in [0.29, 0.717) is 17.7 Å². The molecule has 1 spiro atoms. The van der Waals surface area contributed by atoms with Crippen molar-refractivity contribution in [3.8, 4) is 0 Å². The second-order valence-corrected chi connectivity index (χ2v) is 6.33. The van der Waals surface area contributed by atoms with Crippen LogP contribution < -0.4 is 5.73 Å². The van der Waals surface area contributed by atoms with Gasteiger partial charge in [-0.2, -0.15) is 0 Å². The van der Waals surface area contributed by atoms with Crippen LogP contribution in [0, 0.1) is 0 Å². The fourth-order valence-electron chi connectivity index (χ4n) is 3.96. The summed E-state index contributed by atoms with van der Waals surface area (Å²) in [4.78, 5) is 2.52. The zero-order chi connectivity index (χ0) is 11.7. The van der Waals surface area contributed by atoms with E-state index >= 15 is 0 Å². The first kappa shape index (κ1) is 11.9. The van der Waals surface area contributed by atoms with Crippen LogP contribution in [0.15, 0.2) is 0 Å². The molecular weight excluding hydrogens is 212 g/mol. The minimum atomic E-state index is 0.294. The Hall–Kier alpha value is -0.120. The highest BCUT2D eigenvalue weighted by Gasteiger charge is 2.42. The number of piperidine rings is 1. The normalized spacial score (nSPS) is 37.9. The molecule has 0 aromatic rings. The van der Waals surface area contributed by atoms with Gasteiger partial charge in [-0.05, 0) is 45.1 Å². The average Bonchev–Trinajstić information content (AvgIpc) is 2.90. The van der Waals surface area contributed by atoms with Crippen molar-refractivity contribution in [2.24, 2.45) is 5.73 Å². The molecule has 17 heavy (non-hydrogen) atoms. The molecule has 98 valence electrons. The van der Waals surface area contributed by atoms with Crippen molar-refractivity contribution in [1.82, 2.24) is 4.90 Å². The van der Waals surface area contributed by atoms with Gasteiger partial charge in [0.2, 0.25) is 0 Å². The lowest BCUT2D eigenvalue weighted by atomic mass is 9.98. The quantitative estimate of drug-likeness (QED) is 0.798. The van der Waals surface area contributed by atoms with Gasteiger partial charge in [-0.25, -0.2) is 0 Å². The number of rotatable bonds is 2. The summed E-state index contributed by atoms with van der Waals surface area (Å²) in [6.45, 7) is 3.42. The van der Waals surface area contributed by atoms with Crippen LogP contribution in [0.1, 0.15) is 51.4 Å². The summed E-state index contributed by atoms with van der Waals surface area (Å²) < 4.78 is 6.37. The van der Waals surface area contributed by atoms with Crippen molar-refractivity contribution in [3.05, 3.63) is 0 Å². The zero-order valence-corrected chi connectivity index (χ0v) is 10.9. The first-order valence-electron chi connectivity index (χ1n) is 7.42. The fraction of sp³-hybridized carbons (Fsp3) is 1.00. The van der Waals surface area contributed by atoms with Gasteiger partial charge in [-0.1, -0.05) is 12.8 Å². The van der Waals surface area contributed by atoms with Crippen LogP contribution in [0.4, 0.5) is 0 Å². The predicted molar refractivity (Wildman–Crippen MR) is 69.0 cm³/mol.